The van der Waals surface area contributed by atoms with Gasteiger partial charge in [0.25, 0.3) is 5.91 Å². The van der Waals surface area contributed by atoms with E-state index in [2.05, 4.69) is 34.3 Å². The Morgan fingerprint density at radius 3 is 2.61 bits per heavy atom. The van der Waals surface area contributed by atoms with Gasteiger partial charge in [-0.05, 0) is 56.3 Å². The molecule has 1 aliphatic rings. The molecule has 150 valence electrons. The highest BCUT2D eigenvalue weighted by Gasteiger charge is 2.19. The van der Waals surface area contributed by atoms with Crippen LogP contribution in [0.4, 0.5) is 5.69 Å². The molecule has 1 N–H and O–H groups in total. The van der Waals surface area contributed by atoms with Crippen LogP contribution in [0.3, 0.4) is 0 Å². The van der Waals surface area contributed by atoms with Crippen molar-refractivity contribution in [2.45, 2.75) is 26.5 Å². The average molecular weight is 402 g/mol. The molecule has 1 amide bonds. The molecule has 2 aromatic rings. The Bertz CT molecular complexity index is 819. The van der Waals surface area contributed by atoms with Crippen LogP contribution in [0.1, 0.15) is 18.1 Å². The van der Waals surface area contributed by atoms with Crippen LogP contribution in [0.5, 0.6) is 5.75 Å². The molecule has 1 atom stereocenters. The monoisotopic (exact) mass is 401 g/mol. The molecule has 1 aliphatic heterocycles. The summed E-state index contributed by atoms with van der Waals surface area (Å²) in [5.41, 5.74) is 3.22. The maximum Gasteiger partial charge on any atom is 0.261 e. The summed E-state index contributed by atoms with van der Waals surface area (Å²) in [6.07, 6.45) is -0.587. The van der Waals surface area contributed by atoms with Crippen LogP contribution < -0.4 is 15.0 Å². The quantitative estimate of drug-likeness (QED) is 0.804. The third-order valence-electron chi connectivity index (χ3n) is 5.10. The lowest BCUT2D eigenvalue weighted by molar-refractivity contribution is -0.127. The number of para-hydroxylation sites is 1. The van der Waals surface area contributed by atoms with Gasteiger partial charge in [-0.3, -0.25) is 4.79 Å². The van der Waals surface area contributed by atoms with E-state index in [-0.39, 0.29) is 5.91 Å². The molecule has 0 spiro atoms. The predicted molar refractivity (Wildman–Crippen MR) is 114 cm³/mol. The van der Waals surface area contributed by atoms with Crippen molar-refractivity contribution in [3.63, 3.8) is 0 Å². The highest BCUT2D eigenvalue weighted by atomic mass is 35.5. The number of hydrogen-bond acceptors (Lipinski definition) is 4. The summed E-state index contributed by atoms with van der Waals surface area (Å²) in [7, 11) is 2.15. The lowest BCUT2D eigenvalue weighted by Crippen LogP contribution is -2.45. The number of anilines is 1. The maximum absolute atomic E-state index is 12.5. The van der Waals surface area contributed by atoms with Gasteiger partial charge in [-0.15, -0.1) is 0 Å². The number of carbonyl (C=O) groups is 1. The van der Waals surface area contributed by atoms with Crippen LogP contribution in [0.2, 0.25) is 5.02 Å². The Labute approximate surface area is 172 Å². The Morgan fingerprint density at radius 1 is 1.18 bits per heavy atom. The number of ether oxygens (including phenoxy) is 1. The molecular weight excluding hydrogens is 374 g/mol. The minimum Gasteiger partial charge on any atom is -0.481 e. The fraction of sp³-hybridized carbons (Fsp3) is 0.409. The van der Waals surface area contributed by atoms with Crippen molar-refractivity contribution in [1.29, 1.82) is 0 Å². The number of likely N-dealkylation sites (N-methyl/N-ethyl adjacent to an activating group) is 1. The molecule has 0 aliphatic carbocycles. The highest BCUT2D eigenvalue weighted by molar-refractivity contribution is 6.30. The number of halogens is 1. The summed E-state index contributed by atoms with van der Waals surface area (Å²) in [4.78, 5) is 17.3. The molecule has 1 fully saturated rings. The van der Waals surface area contributed by atoms with E-state index < -0.39 is 6.10 Å². The number of aryl methyl sites for hydroxylation is 1. The van der Waals surface area contributed by atoms with Crippen LogP contribution in [-0.4, -0.2) is 50.1 Å². The summed E-state index contributed by atoms with van der Waals surface area (Å²) in [6, 6.07) is 13.7. The molecule has 1 unspecified atom stereocenters. The number of carbonyl (C=O) groups excluding carboxylic acids is 1. The van der Waals surface area contributed by atoms with Gasteiger partial charge in [0.05, 0.1) is 0 Å². The molecule has 0 radical (unpaired) electrons. The van der Waals surface area contributed by atoms with Crippen molar-refractivity contribution in [2.24, 2.45) is 0 Å². The Balaban J connectivity index is 1.60. The number of nitrogens with one attached hydrogen (secondary N) is 1. The first-order valence-corrected chi connectivity index (χ1v) is 10.0. The van der Waals surface area contributed by atoms with Gasteiger partial charge in [0.15, 0.2) is 6.10 Å². The molecular formula is C22H28ClN3O2. The van der Waals surface area contributed by atoms with Crippen LogP contribution in [0.15, 0.2) is 42.5 Å². The molecule has 0 bridgehead atoms. The number of nitrogens with zero attached hydrogens (tertiary/aromatic N) is 2. The van der Waals surface area contributed by atoms with Crippen molar-refractivity contribution in [3.8, 4) is 5.75 Å². The van der Waals surface area contributed by atoms with E-state index in [1.54, 1.807) is 19.1 Å². The molecule has 1 saturated heterocycles. The number of amides is 1. The van der Waals surface area contributed by atoms with Gasteiger partial charge in [0.2, 0.25) is 0 Å². The number of hydrogen-bond donors (Lipinski definition) is 1. The second kappa shape index (κ2) is 9.30. The van der Waals surface area contributed by atoms with Crippen molar-refractivity contribution >= 4 is 23.2 Å². The van der Waals surface area contributed by atoms with Gasteiger partial charge in [-0.1, -0.05) is 29.8 Å². The minimum absolute atomic E-state index is 0.137. The number of rotatable bonds is 6. The lowest BCUT2D eigenvalue weighted by atomic mass is 10.1. The summed E-state index contributed by atoms with van der Waals surface area (Å²) in [6.45, 7) is 8.24. The summed E-state index contributed by atoms with van der Waals surface area (Å²) >= 11 is 5.98. The van der Waals surface area contributed by atoms with E-state index in [0.717, 1.165) is 37.3 Å². The predicted octanol–water partition coefficient (Wildman–Crippen LogP) is 3.48. The molecule has 1 heterocycles. The topological polar surface area (TPSA) is 44.8 Å². The second-order valence-corrected chi connectivity index (χ2v) is 7.74. The van der Waals surface area contributed by atoms with Gasteiger partial charge in [0, 0.05) is 43.4 Å². The van der Waals surface area contributed by atoms with E-state index in [4.69, 9.17) is 16.3 Å². The first-order valence-electron chi connectivity index (χ1n) is 9.66. The van der Waals surface area contributed by atoms with Crippen molar-refractivity contribution in [2.75, 3.05) is 38.1 Å². The lowest BCUT2D eigenvalue weighted by Gasteiger charge is -2.35. The third kappa shape index (κ3) is 5.18. The van der Waals surface area contributed by atoms with Gasteiger partial charge in [-0.25, -0.2) is 0 Å². The smallest absolute Gasteiger partial charge is 0.261 e. The largest absolute Gasteiger partial charge is 0.481 e. The van der Waals surface area contributed by atoms with E-state index in [1.165, 1.54) is 5.69 Å². The van der Waals surface area contributed by atoms with E-state index in [0.29, 0.717) is 17.3 Å². The van der Waals surface area contributed by atoms with Crippen molar-refractivity contribution in [1.82, 2.24) is 10.2 Å². The summed E-state index contributed by atoms with van der Waals surface area (Å²) in [5, 5.41) is 3.67. The van der Waals surface area contributed by atoms with Gasteiger partial charge in [0.1, 0.15) is 5.75 Å². The van der Waals surface area contributed by atoms with E-state index in [9.17, 15) is 4.79 Å². The maximum atomic E-state index is 12.5. The van der Waals surface area contributed by atoms with Gasteiger partial charge in [-0.2, -0.15) is 0 Å². The Hall–Kier alpha value is -2.24. The zero-order valence-corrected chi connectivity index (χ0v) is 17.5. The number of piperazine rings is 1. The Kier molecular flexibility index (Phi) is 6.81. The molecule has 0 aromatic heterocycles. The standard InChI is InChI=1S/C22H28ClN3O2/c1-16-14-19(23)8-9-21(16)28-17(2)22(27)24-15-18-6-4-5-7-20(18)26-12-10-25(3)11-13-26/h4-9,14,17H,10-13,15H2,1-3H3,(H,24,27). The molecule has 3 rings (SSSR count). The third-order valence-corrected chi connectivity index (χ3v) is 5.33. The SMILES string of the molecule is Cc1cc(Cl)ccc1OC(C)C(=O)NCc1ccccc1N1CCN(C)CC1. The zero-order chi connectivity index (χ0) is 20.1. The second-order valence-electron chi connectivity index (χ2n) is 7.31. The fourth-order valence-corrected chi connectivity index (χ4v) is 3.56. The average Bonchev–Trinajstić information content (AvgIpc) is 2.69. The van der Waals surface area contributed by atoms with E-state index in [1.807, 2.05) is 25.1 Å². The molecule has 5 nitrogen and oxygen atoms in total. The molecule has 6 heteroatoms. The first kappa shape index (κ1) is 20.5. The first-order chi connectivity index (χ1) is 13.4. The zero-order valence-electron chi connectivity index (χ0n) is 16.7. The summed E-state index contributed by atoms with van der Waals surface area (Å²) < 4.78 is 5.82. The molecule has 2 aromatic carbocycles. The molecule has 0 saturated carbocycles. The molecule has 28 heavy (non-hydrogen) atoms. The van der Waals surface area contributed by atoms with Gasteiger partial charge >= 0.3 is 0 Å². The van der Waals surface area contributed by atoms with Crippen LogP contribution in [-0.2, 0) is 11.3 Å². The van der Waals surface area contributed by atoms with Gasteiger partial charge < -0.3 is 19.9 Å². The number of benzene rings is 2. The van der Waals surface area contributed by atoms with Crippen molar-refractivity contribution in [3.05, 3.63) is 58.6 Å². The highest BCUT2D eigenvalue weighted by Crippen LogP contribution is 2.24. The minimum atomic E-state index is -0.587. The van der Waals surface area contributed by atoms with Crippen molar-refractivity contribution < 1.29 is 9.53 Å². The normalized spacial score (nSPS) is 15.9. The van der Waals surface area contributed by atoms with Crippen LogP contribution in [0, 0.1) is 6.92 Å². The van der Waals surface area contributed by atoms with Crippen LogP contribution in [0.25, 0.3) is 0 Å². The van der Waals surface area contributed by atoms with Crippen LogP contribution >= 0.6 is 11.6 Å². The Morgan fingerprint density at radius 2 is 1.89 bits per heavy atom. The summed E-state index contributed by atoms with van der Waals surface area (Å²) in [5.74, 6) is 0.535. The fourth-order valence-electron chi connectivity index (χ4n) is 3.33. The van der Waals surface area contributed by atoms with E-state index >= 15 is 0 Å².